The average Bonchev–Trinajstić information content (AvgIpc) is 3.76. The summed E-state index contributed by atoms with van der Waals surface area (Å²) in [6.45, 7) is 9.56. The Morgan fingerprint density at radius 3 is 2.13 bits per heavy atom. The molecule has 2 aliphatic heterocycles. The molecule has 2 aliphatic carbocycles. The van der Waals surface area contributed by atoms with Crippen LogP contribution in [0, 0.1) is 17.8 Å². The maximum atomic E-state index is 13.8. The molecule has 2 saturated heterocycles. The Hall–Kier alpha value is -5.39. The minimum Gasteiger partial charge on any atom is -0.453 e. The minimum atomic E-state index is -0.669. The zero-order chi connectivity index (χ0) is 37.6. The molecule has 7 atom stereocenters. The molecule has 0 bridgehead atoms. The fourth-order valence-electron chi connectivity index (χ4n) is 8.76. The first-order valence-electron chi connectivity index (χ1n) is 19.1. The van der Waals surface area contributed by atoms with Crippen LogP contribution < -0.4 is 5.32 Å². The molecule has 12 heteroatoms. The van der Waals surface area contributed by atoms with Crippen molar-refractivity contribution in [2.45, 2.75) is 96.1 Å². The van der Waals surface area contributed by atoms with E-state index in [1.54, 1.807) is 0 Å². The Balaban J connectivity index is 0.928. The molecule has 3 aromatic carbocycles. The van der Waals surface area contributed by atoms with E-state index in [0.29, 0.717) is 11.8 Å². The normalized spacial score (nSPS) is 24.8. The van der Waals surface area contributed by atoms with Crippen molar-refractivity contribution in [3.63, 3.8) is 0 Å². The maximum Gasteiger partial charge on any atom is 0.411 e. The van der Waals surface area contributed by atoms with E-state index in [1.165, 1.54) is 7.11 Å². The standard InChI is InChI=1S/C42H47N7O5/c1-21(2)36(47-40(51)53-6)39(50)48-32-16-27(32)18-34(48)37-43-20-31(46-37)26-10-9-22-13-23(7-8-24(22)14-26)25-11-12-29-30(15-25)45-38(44-29)35-19-28-17-33(28)49(35)41(52)54-42(3,4)5/h7-15,20-21,27-28,32-36H,16-19H2,1-6H3,(H,43,46)(H,44,45)(H,47,51)/t27-,28-,32-,33-,34+,35?,36+/m1/s1. The molecule has 3 amide bonds. The third-order valence-electron chi connectivity index (χ3n) is 11.7. The second-order valence-electron chi connectivity index (χ2n) is 16.9. The highest BCUT2D eigenvalue weighted by molar-refractivity contribution is 5.92. The molecule has 1 unspecified atom stereocenters. The molecular weight excluding hydrogens is 683 g/mol. The highest BCUT2D eigenvalue weighted by atomic mass is 16.6. The lowest BCUT2D eigenvalue weighted by Crippen LogP contribution is -2.52. The Kier molecular flexibility index (Phi) is 8.02. The van der Waals surface area contributed by atoms with Gasteiger partial charge in [0.05, 0.1) is 35.9 Å². The van der Waals surface area contributed by atoms with Crippen LogP contribution >= 0.6 is 0 Å². The van der Waals surface area contributed by atoms with Gasteiger partial charge in [-0.2, -0.15) is 0 Å². The van der Waals surface area contributed by atoms with Crippen molar-refractivity contribution in [1.29, 1.82) is 0 Å². The van der Waals surface area contributed by atoms with Crippen LogP contribution in [-0.2, 0) is 14.3 Å². The van der Waals surface area contributed by atoms with Gasteiger partial charge in [-0.05, 0) is 110 Å². The fraction of sp³-hybridized carbons (Fsp3) is 0.452. The van der Waals surface area contributed by atoms with E-state index in [9.17, 15) is 14.4 Å². The predicted molar refractivity (Wildman–Crippen MR) is 204 cm³/mol. The summed E-state index contributed by atoms with van der Waals surface area (Å²) in [6, 6.07) is 18.6. The van der Waals surface area contributed by atoms with Gasteiger partial charge in [-0.25, -0.2) is 19.6 Å². The summed E-state index contributed by atoms with van der Waals surface area (Å²) >= 11 is 0. The van der Waals surface area contributed by atoms with Crippen molar-refractivity contribution in [2.24, 2.45) is 17.8 Å². The number of ether oxygens (including phenoxy) is 2. The zero-order valence-electron chi connectivity index (χ0n) is 31.6. The molecule has 4 heterocycles. The molecule has 2 saturated carbocycles. The van der Waals surface area contributed by atoms with Crippen molar-refractivity contribution in [3.8, 4) is 22.4 Å². The molecule has 0 radical (unpaired) electrons. The van der Waals surface area contributed by atoms with Gasteiger partial charge in [-0.3, -0.25) is 9.69 Å². The first kappa shape index (κ1) is 34.4. The van der Waals surface area contributed by atoms with Crippen LogP contribution in [0.2, 0.25) is 0 Å². The third-order valence-corrected chi connectivity index (χ3v) is 11.7. The van der Waals surface area contributed by atoms with Crippen molar-refractivity contribution in [1.82, 2.24) is 35.1 Å². The van der Waals surface area contributed by atoms with Gasteiger partial charge >= 0.3 is 12.2 Å². The topological polar surface area (TPSA) is 146 Å². The lowest BCUT2D eigenvalue weighted by Gasteiger charge is -2.31. The van der Waals surface area contributed by atoms with Crippen LogP contribution in [0.15, 0.2) is 60.8 Å². The average molecular weight is 730 g/mol. The van der Waals surface area contributed by atoms with Crippen LogP contribution in [0.5, 0.6) is 0 Å². The summed E-state index contributed by atoms with van der Waals surface area (Å²) < 4.78 is 10.6. The lowest BCUT2D eigenvalue weighted by molar-refractivity contribution is -0.136. The number of hydrogen-bond donors (Lipinski definition) is 3. The number of benzene rings is 3. The monoisotopic (exact) mass is 729 g/mol. The number of nitrogens with one attached hydrogen (secondary N) is 3. The second-order valence-corrected chi connectivity index (χ2v) is 16.9. The number of aromatic amines is 2. The second kappa shape index (κ2) is 12.6. The first-order valence-corrected chi connectivity index (χ1v) is 19.1. The van der Waals surface area contributed by atoms with Crippen LogP contribution in [0.3, 0.4) is 0 Å². The number of carbonyl (C=O) groups is 3. The van der Waals surface area contributed by atoms with Crippen molar-refractivity contribution >= 4 is 39.9 Å². The number of carbonyl (C=O) groups excluding carboxylic acids is 3. The van der Waals surface area contributed by atoms with Crippen molar-refractivity contribution in [2.75, 3.05) is 7.11 Å². The molecule has 5 aromatic rings. The van der Waals surface area contributed by atoms with E-state index < -0.39 is 17.7 Å². The van der Waals surface area contributed by atoms with Gasteiger partial charge in [-0.1, -0.05) is 44.2 Å². The number of H-pyrrole nitrogens is 2. The number of alkyl carbamates (subject to hydrolysis) is 1. The number of aromatic nitrogens is 4. The molecule has 3 N–H and O–H groups in total. The van der Waals surface area contributed by atoms with Crippen molar-refractivity contribution < 1.29 is 23.9 Å². The van der Waals surface area contributed by atoms with Crippen LogP contribution in [0.1, 0.15) is 84.0 Å². The number of likely N-dealkylation sites (tertiary alicyclic amines) is 2. The number of amides is 3. The van der Waals surface area contributed by atoms with Gasteiger partial charge in [-0.15, -0.1) is 0 Å². The molecule has 280 valence electrons. The minimum absolute atomic E-state index is 0.0905. The molecule has 4 aliphatic rings. The van der Waals surface area contributed by atoms with E-state index in [-0.39, 0.29) is 42.1 Å². The van der Waals surface area contributed by atoms with Gasteiger partial charge in [0.25, 0.3) is 0 Å². The largest absolute Gasteiger partial charge is 0.453 e. The number of fused-ring (bicyclic) bond motifs is 4. The summed E-state index contributed by atoms with van der Waals surface area (Å²) in [7, 11) is 1.31. The number of piperidine rings is 2. The lowest BCUT2D eigenvalue weighted by atomic mass is 9.99. The maximum absolute atomic E-state index is 13.8. The Bertz CT molecular complexity index is 2300. The summed E-state index contributed by atoms with van der Waals surface area (Å²) in [5, 5.41) is 4.95. The zero-order valence-corrected chi connectivity index (χ0v) is 31.6. The van der Waals surface area contributed by atoms with Crippen LogP contribution in [-0.4, -0.2) is 78.7 Å². The number of hydrogen-bond acceptors (Lipinski definition) is 7. The van der Waals surface area contributed by atoms with Gasteiger partial charge < -0.3 is 29.7 Å². The van der Waals surface area contributed by atoms with Gasteiger partial charge in [0.1, 0.15) is 23.3 Å². The molecule has 0 spiro atoms. The predicted octanol–water partition coefficient (Wildman–Crippen LogP) is 7.89. The molecular formula is C42H47N7O5. The molecule has 2 aromatic heterocycles. The first-order chi connectivity index (χ1) is 25.8. The highest BCUT2D eigenvalue weighted by Gasteiger charge is 2.57. The van der Waals surface area contributed by atoms with Gasteiger partial charge in [0, 0.05) is 23.8 Å². The Morgan fingerprint density at radius 1 is 0.815 bits per heavy atom. The quantitative estimate of drug-likeness (QED) is 0.155. The molecule has 9 rings (SSSR count). The third kappa shape index (κ3) is 6.15. The van der Waals surface area contributed by atoms with Crippen LogP contribution in [0.4, 0.5) is 9.59 Å². The Labute approximate surface area is 314 Å². The summed E-state index contributed by atoms with van der Waals surface area (Å²) in [4.78, 5) is 59.7. The van der Waals surface area contributed by atoms with E-state index in [2.05, 4.69) is 63.8 Å². The molecule has 54 heavy (non-hydrogen) atoms. The van der Waals surface area contributed by atoms with Gasteiger partial charge in [0.2, 0.25) is 5.91 Å². The smallest absolute Gasteiger partial charge is 0.411 e. The number of rotatable bonds is 7. The van der Waals surface area contributed by atoms with Crippen LogP contribution in [0.25, 0.3) is 44.2 Å². The summed E-state index contributed by atoms with van der Waals surface area (Å²) in [6.07, 6.45) is 4.82. The van der Waals surface area contributed by atoms with E-state index in [4.69, 9.17) is 19.4 Å². The fourth-order valence-corrected chi connectivity index (χ4v) is 8.76. The van der Waals surface area contributed by atoms with Gasteiger partial charge in [0.15, 0.2) is 0 Å². The molecule has 4 fully saturated rings. The number of imidazole rings is 2. The SMILES string of the molecule is COC(=O)N[C@H](C(=O)N1[C@@H]2C[C@@H]2C[C@H]1c1nc(-c2ccc3cc(-c4ccc5nc(C6C[C@H]7C[C@H]7N6C(=O)OC(C)(C)C)[nH]c5c4)ccc3c2)c[nH]1)C(C)C. The summed E-state index contributed by atoms with van der Waals surface area (Å²) in [5.41, 5.74) is 5.25. The van der Waals surface area contributed by atoms with E-state index >= 15 is 0 Å². The molecule has 12 nitrogen and oxygen atoms in total. The Morgan fingerprint density at radius 2 is 1.44 bits per heavy atom. The van der Waals surface area contributed by atoms with E-state index in [0.717, 1.165) is 81.5 Å². The summed E-state index contributed by atoms with van der Waals surface area (Å²) in [5.74, 6) is 2.36. The van der Waals surface area contributed by atoms with E-state index in [1.807, 2.05) is 56.7 Å². The number of methoxy groups -OCH3 is 1. The van der Waals surface area contributed by atoms with Crippen molar-refractivity contribution in [3.05, 3.63) is 72.4 Å². The number of nitrogens with zero attached hydrogens (tertiary/aromatic N) is 4. The highest BCUT2D eigenvalue weighted by Crippen LogP contribution is 2.54.